The molecule has 3 rings (SSSR count). The number of benzene rings is 1. The van der Waals surface area contributed by atoms with Gasteiger partial charge in [-0.05, 0) is 6.08 Å². The zero-order valence-corrected chi connectivity index (χ0v) is 8.96. The maximum Gasteiger partial charge on any atom is 0.175 e. The number of fused-ring (bicyclic) bond motifs is 2. The second kappa shape index (κ2) is 3.42. The normalized spacial score (nSPS) is 26.2. The van der Waals surface area contributed by atoms with E-state index < -0.39 is 11.8 Å². The second-order valence-corrected chi connectivity index (χ2v) is 4.25. The van der Waals surface area contributed by atoms with Crippen molar-refractivity contribution >= 4 is 11.6 Å². The number of carbonyl (C=O) groups is 2. The van der Waals surface area contributed by atoms with Crippen molar-refractivity contribution in [2.24, 2.45) is 11.8 Å². The van der Waals surface area contributed by atoms with E-state index in [4.69, 9.17) is 0 Å². The molecule has 0 saturated heterocycles. The van der Waals surface area contributed by atoms with Gasteiger partial charge in [0, 0.05) is 11.1 Å². The lowest BCUT2D eigenvalue weighted by Crippen LogP contribution is -2.37. The average molecular weight is 226 g/mol. The van der Waals surface area contributed by atoms with Crippen molar-refractivity contribution in [2.75, 3.05) is 0 Å². The summed E-state index contributed by atoms with van der Waals surface area (Å²) >= 11 is 0. The van der Waals surface area contributed by atoms with Gasteiger partial charge in [0.1, 0.15) is 5.76 Å². The van der Waals surface area contributed by atoms with E-state index in [1.807, 2.05) is 0 Å². The molecule has 1 aromatic carbocycles. The molecule has 3 heteroatoms. The molecule has 17 heavy (non-hydrogen) atoms. The maximum absolute atomic E-state index is 12.2. The van der Waals surface area contributed by atoms with Gasteiger partial charge in [0.05, 0.1) is 11.8 Å². The van der Waals surface area contributed by atoms with Gasteiger partial charge in [0.15, 0.2) is 11.6 Å². The van der Waals surface area contributed by atoms with Gasteiger partial charge in [-0.3, -0.25) is 9.59 Å². The third kappa shape index (κ3) is 1.29. The Morgan fingerprint density at radius 2 is 1.65 bits per heavy atom. The predicted octanol–water partition coefficient (Wildman–Crippen LogP) is 2.31. The summed E-state index contributed by atoms with van der Waals surface area (Å²) in [6.45, 7) is 0. The molecule has 2 aliphatic carbocycles. The molecule has 0 radical (unpaired) electrons. The van der Waals surface area contributed by atoms with Gasteiger partial charge in [-0.1, -0.05) is 36.4 Å². The number of aliphatic hydroxyl groups excluding tert-OH is 1. The first-order valence-corrected chi connectivity index (χ1v) is 5.45. The lowest BCUT2D eigenvalue weighted by Gasteiger charge is -2.29. The van der Waals surface area contributed by atoms with E-state index in [2.05, 4.69) is 0 Å². The van der Waals surface area contributed by atoms with Crippen LogP contribution in [0, 0.1) is 11.8 Å². The molecule has 0 spiro atoms. The van der Waals surface area contributed by atoms with Crippen LogP contribution in [0.15, 0.2) is 48.3 Å². The summed E-state index contributed by atoms with van der Waals surface area (Å²) < 4.78 is 0. The third-order valence-corrected chi connectivity index (χ3v) is 3.31. The zero-order valence-electron chi connectivity index (χ0n) is 8.96. The maximum atomic E-state index is 12.2. The first kappa shape index (κ1) is 10.0. The van der Waals surface area contributed by atoms with Gasteiger partial charge in [-0.2, -0.15) is 0 Å². The lowest BCUT2D eigenvalue weighted by atomic mass is 9.71. The highest BCUT2D eigenvalue weighted by atomic mass is 16.3. The van der Waals surface area contributed by atoms with E-state index in [0.717, 1.165) is 0 Å². The highest BCUT2D eigenvalue weighted by molar-refractivity contribution is 6.17. The number of carbonyl (C=O) groups excluding carboxylic acids is 2. The lowest BCUT2D eigenvalue weighted by molar-refractivity contribution is 0.0759. The molecule has 0 fully saturated rings. The Hall–Kier alpha value is -2.16. The van der Waals surface area contributed by atoms with Crippen molar-refractivity contribution < 1.29 is 14.7 Å². The van der Waals surface area contributed by atoms with E-state index in [1.54, 1.807) is 36.4 Å². The SMILES string of the molecule is O=C1c2ccccc2C(=O)C2C(O)=CC=CC12. The van der Waals surface area contributed by atoms with Crippen LogP contribution in [0.4, 0.5) is 0 Å². The summed E-state index contributed by atoms with van der Waals surface area (Å²) in [6, 6.07) is 6.77. The van der Waals surface area contributed by atoms with E-state index in [0.29, 0.717) is 11.1 Å². The molecule has 1 aromatic rings. The minimum Gasteiger partial charge on any atom is -0.512 e. The van der Waals surface area contributed by atoms with Crippen molar-refractivity contribution in [2.45, 2.75) is 0 Å². The van der Waals surface area contributed by atoms with E-state index in [1.165, 1.54) is 6.08 Å². The molecule has 0 heterocycles. The van der Waals surface area contributed by atoms with Gasteiger partial charge in [-0.15, -0.1) is 0 Å². The van der Waals surface area contributed by atoms with E-state index in [-0.39, 0.29) is 17.3 Å². The van der Waals surface area contributed by atoms with Crippen LogP contribution in [0.25, 0.3) is 0 Å². The highest BCUT2D eigenvalue weighted by Gasteiger charge is 2.42. The highest BCUT2D eigenvalue weighted by Crippen LogP contribution is 2.36. The van der Waals surface area contributed by atoms with Crippen molar-refractivity contribution in [3.63, 3.8) is 0 Å². The molecule has 0 amide bonds. The summed E-state index contributed by atoms with van der Waals surface area (Å²) in [4.78, 5) is 24.4. The van der Waals surface area contributed by atoms with Crippen LogP contribution in [0.3, 0.4) is 0 Å². The van der Waals surface area contributed by atoms with Gasteiger partial charge in [0.2, 0.25) is 0 Å². The fourth-order valence-electron chi connectivity index (χ4n) is 2.47. The smallest absolute Gasteiger partial charge is 0.175 e. The fraction of sp³-hybridized carbons (Fsp3) is 0.143. The molecular formula is C14H10O3. The van der Waals surface area contributed by atoms with Crippen molar-refractivity contribution in [1.29, 1.82) is 0 Å². The van der Waals surface area contributed by atoms with Crippen molar-refractivity contribution in [1.82, 2.24) is 0 Å². The Balaban J connectivity index is 2.22. The zero-order chi connectivity index (χ0) is 12.0. The molecule has 2 unspecified atom stereocenters. The van der Waals surface area contributed by atoms with Crippen LogP contribution < -0.4 is 0 Å². The third-order valence-electron chi connectivity index (χ3n) is 3.31. The summed E-state index contributed by atoms with van der Waals surface area (Å²) in [5, 5.41) is 9.75. The predicted molar refractivity (Wildman–Crippen MR) is 61.9 cm³/mol. The Bertz CT molecular complexity index is 581. The van der Waals surface area contributed by atoms with Crippen LogP contribution in [-0.4, -0.2) is 16.7 Å². The number of rotatable bonds is 0. The minimum atomic E-state index is -0.734. The first-order chi connectivity index (χ1) is 8.20. The number of hydrogen-bond acceptors (Lipinski definition) is 3. The molecule has 0 bridgehead atoms. The first-order valence-electron chi connectivity index (χ1n) is 5.45. The second-order valence-electron chi connectivity index (χ2n) is 4.25. The Labute approximate surface area is 98.1 Å². The van der Waals surface area contributed by atoms with Crippen LogP contribution in [-0.2, 0) is 0 Å². The van der Waals surface area contributed by atoms with Gasteiger partial charge in [-0.25, -0.2) is 0 Å². The largest absolute Gasteiger partial charge is 0.512 e. The number of aliphatic hydroxyl groups is 1. The molecule has 0 saturated carbocycles. The molecule has 84 valence electrons. The molecule has 0 aromatic heterocycles. The minimum absolute atomic E-state index is 0.0228. The molecule has 2 atom stereocenters. The van der Waals surface area contributed by atoms with Gasteiger partial charge in [0.25, 0.3) is 0 Å². The van der Waals surface area contributed by atoms with Crippen LogP contribution in [0.2, 0.25) is 0 Å². The van der Waals surface area contributed by atoms with Crippen molar-refractivity contribution in [3.05, 3.63) is 59.4 Å². The Morgan fingerprint density at radius 1 is 1.00 bits per heavy atom. The summed E-state index contributed by atoms with van der Waals surface area (Å²) in [6.07, 6.45) is 4.77. The number of ketones is 2. The van der Waals surface area contributed by atoms with E-state index in [9.17, 15) is 14.7 Å². The van der Waals surface area contributed by atoms with Gasteiger partial charge < -0.3 is 5.11 Å². The Morgan fingerprint density at radius 3 is 2.35 bits per heavy atom. The molecule has 2 aliphatic rings. The number of allylic oxidation sites excluding steroid dienone is 4. The molecule has 0 aliphatic heterocycles. The fourth-order valence-corrected chi connectivity index (χ4v) is 2.47. The average Bonchev–Trinajstić information content (AvgIpc) is 2.36. The van der Waals surface area contributed by atoms with Crippen LogP contribution in [0.1, 0.15) is 20.7 Å². The standard InChI is InChI=1S/C14H10O3/c15-11-7-3-6-10-12(11)14(17)9-5-2-1-4-8(9)13(10)16/h1-7,10,12,15H. The quantitative estimate of drug-likeness (QED) is 0.738. The molecular weight excluding hydrogens is 216 g/mol. The monoisotopic (exact) mass is 226 g/mol. The number of hydrogen-bond donors (Lipinski definition) is 1. The number of Topliss-reactive ketones (excluding diaryl/α,β-unsaturated/α-hetero) is 2. The molecule has 3 nitrogen and oxygen atoms in total. The van der Waals surface area contributed by atoms with Crippen LogP contribution in [0.5, 0.6) is 0 Å². The van der Waals surface area contributed by atoms with Gasteiger partial charge >= 0.3 is 0 Å². The molecule has 1 N–H and O–H groups in total. The topological polar surface area (TPSA) is 54.4 Å². The summed E-state index contributed by atoms with van der Waals surface area (Å²) in [5.41, 5.74) is 0.868. The Kier molecular flexibility index (Phi) is 2.01. The van der Waals surface area contributed by atoms with Crippen LogP contribution >= 0.6 is 0 Å². The van der Waals surface area contributed by atoms with E-state index >= 15 is 0 Å². The van der Waals surface area contributed by atoms with Crippen molar-refractivity contribution in [3.8, 4) is 0 Å². The summed E-state index contributed by atoms with van der Waals surface area (Å²) in [7, 11) is 0. The summed E-state index contributed by atoms with van der Waals surface area (Å²) in [5.74, 6) is -1.58.